The maximum absolute atomic E-state index is 12.2. The fourth-order valence-electron chi connectivity index (χ4n) is 3.07. The van der Waals surface area contributed by atoms with Crippen LogP contribution < -0.4 is 10.5 Å². The van der Waals surface area contributed by atoms with Crippen LogP contribution in [0.3, 0.4) is 0 Å². The highest BCUT2D eigenvalue weighted by Crippen LogP contribution is 2.10. The van der Waals surface area contributed by atoms with Gasteiger partial charge in [-0.2, -0.15) is 0 Å². The Morgan fingerprint density at radius 1 is 1.32 bits per heavy atom. The van der Waals surface area contributed by atoms with Gasteiger partial charge in [0.15, 0.2) is 6.67 Å². The van der Waals surface area contributed by atoms with Crippen LogP contribution >= 0.6 is 0 Å². The Balaban J connectivity index is 2.29. The lowest BCUT2D eigenvalue weighted by Gasteiger charge is -2.32. The first-order chi connectivity index (χ1) is 10.4. The number of rotatable bonds is 5. The molecule has 22 heavy (non-hydrogen) atoms. The largest absolute Gasteiger partial charge is 0.315 e. The topological polar surface area (TPSA) is 63.8 Å². The Bertz CT molecular complexity index is 667. The Kier molecular flexibility index (Phi) is 5.41. The monoisotopic (exact) mass is 328 g/mol. The zero-order valence-electron chi connectivity index (χ0n) is 13.6. The number of nitrogens with one attached hydrogen (secondary N) is 1. The molecule has 0 amide bonds. The van der Waals surface area contributed by atoms with Crippen LogP contribution in [0.5, 0.6) is 0 Å². The summed E-state index contributed by atoms with van der Waals surface area (Å²) in [7, 11) is -0.524. The smallest absolute Gasteiger partial charge is 0.254 e. The van der Waals surface area contributed by atoms with Gasteiger partial charge >= 0.3 is 0 Å². The Labute approximate surface area is 132 Å². The molecule has 0 spiro atoms. The molecule has 7 heteroatoms. The molecular weight excluding hydrogens is 302 g/mol. The lowest BCUT2D eigenvalue weighted by atomic mass is 10.0. The molecule has 0 aliphatic carbocycles. The average Bonchev–Trinajstić information content (AvgIpc) is 2.49. The molecule has 1 aromatic heterocycles. The first-order valence-electron chi connectivity index (χ1n) is 7.84. The molecule has 0 radical (unpaired) electrons. The van der Waals surface area contributed by atoms with Gasteiger partial charge < -0.3 is 4.90 Å². The van der Waals surface area contributed by atoms with Crippen LogP contribution in [-0.2, 0) is 16.7 Å². The molecular formula is C15H26N3O3S+. The summed E-state index contributed by atoms with van der Waals surface area (Å²) in [6.07, 6.45) is 6.14. The number of aromatic nitrogens is 1. The number of nitrogens with zero attached hydrogens (tertiary/aromatic N) is 2. The molecule has 1 saturated heterocycles. The van der Waals surface area contributed by atoms with Crippen LogP contribution in [0.25, 0.3) is 0 Å². The molecule has 1 aromatic rings. The summed E-state index contributed by atoms with van der Waals surface area (Å²) in [5.41, 5.74) is -0.148. The van der Waals surface area contributed by atoms with E-state index in [4.69, 9.17) is 0 Å². The minimum Gasteiger partial charge on any atom is -0.315 e. The second-order valence-corrected chi connectivity index (χ2v) is 8.28. The van der Waals surface area contributed by atoms with Crippen LogP contribution in [0.2, 0.25) is 0 Å². The highest BCUT2D eigenvalue weighted by Gasteiger charge is 2.25. The lowest BCUT2D eigenvalue weighted by molar-refractivity contribution is -0.952. The quantitative estimate of drug-likeness (QED) is 0.821. The van der Waals surface area contributed by atoms with E-state index in [1.54, 1.807) is 4.57 Å². The number of piperidine rings is 1. The molecule has 1 N–H and O–H groups in total. The van der Waals surface area contributed by atoms with Crippen molar-refractivity contribution in [1.82, 2.24) is 8.87 Å². The summed E-state index contributed by atoms with van der Waals surface area (Å²) < 4.78 is 27.1. The fourth-order valence-corrected chi connectivity index (χ4v) is 3.99. The minimum absolute atomic E-state index is 0.148. The molecule has 0 aromatic carbocycles. The van der Waals surface area contributed by atoms with Crippen molar-refractivity contribution in [2.24, 2.45) is 0 Å². The van der Waals surface area contributed by atoms with Crippen molar-refractivity contribution in [2.45, 2.75) is 50.2 Å². The summed E-state index contributed by atoms with van der Waals surface area (Å²) in [4.78, 5) is 13.6. The van der Waals surface area contributed by atoms with Gasteiger partial charge in [-0.1, -0.05) is 6.92 Å². The van der Waals surface area contributed by atoms with E-state index in [9.17, 15) is 13.2 Å². The second-order valence-electron chi connectivity index (χ2n) is 6.13. The number of likely N-dealkylation sites (tertiary alicyclic amines) is 1. The number of hydrogen-bond acceptors (Lipinski definition) is 3. The molecule has 0 bridgehead atoms. The van der Waals surface area contributed by atoms with Gasteiger partial charge in [-0.3, -0.25) is 9.36 Å². The van der Waals surface area contributed by atoms with Crippen LogP contribution in [0.4, 0.5) is 0 Å². The van der Waals surface area contributed by atoms with Gasteiger partial charge in [-0.25, -0.2) is 12.7 Å². The SMILES string of the molecule is CC[C@@H]1CCCC[NH+]1Cn1cc(S(=O)(=O)N(C)C)ccc1=O. The van der Waals surface area contributed by atoms with Gasteiger partial charge in [-0.15, -0.1) is 0 Å². The molecule has 1 aliphatic heterocycles. The van der Waals surface area contributed by atoms with Crippen LogP contribution in [0.15, 0.2) is 28.0 Å². The van der Waals surface area contributed by atoms with Gasteiger partial charge in [0, 0.05) is 26.4 Å². The Hall–Kier alpha value is -1.18. The summed E-state index contributed by atoms with van der Waals surface area (Å²) in [6.45, 7) is 3.75. The molecule has 0 saturated carbocycles. The normalized spacial score (nSPS) is 22.9. The van der Waals surface area contributed by atoms with Gasteiger partial charge in [0.25, 0.3) is 5.56 Å². The molecule has 6 nitrogen and oxygen atoms in total. The predicted molar refractivity (Wildman–Crippen MR) is 85.3 cm³/mol. The van der Waals surface area contributed by atoms with E-state index in [0.29, 0.717) is 12.7 Å². The molecule has 2 heterocycles. The van der Waals surface area contributed by atoms with E-state index in [2.05, 4.69) is 6.92 Å². The van der Waals surface area contributed by atoms with Crippen molar-refractivity contribution in [3.8, 4) is 0 Å². The number of quaternary nitrogens is 1. The summed E-state index contributed by atoms with van der Waals surface area (Å²) in [5.74, 6) is 0. The number of sulfonamides is 1. The zero-order chi connectivity index (χ0) is 16.3. The standard InChI is InChI=1S/C15H25N3O3S/c1-4-13-7-5-6-10-17(13)12-18-11-14(8-9-15(18)19)22(20,21)16(2)3/h8-9,11,13H,4-7,10,12H2,1-3H3/p+1/t13-/m1/s1. The molecule has 124 valence electrons. The summed E-state index contributed by atoms with van der Waals surface area (Å²) in [5, 5.41) is 0. The highest BCUT2D eigenvalue weighted by atomic mass is 32.2. The van der Waals surface area contributed by atoms with Crippen LogP contribution in [-0.4, -0.2) is 44.0 Å². The van der Waals surface area contributed by atoms with Gasteiger partial charge in [0.05, 0.1) is 17.5 Å². The highest BCUT2D eigenvalue weighted by molar-refractivity contribution is 7.89. The van der Waals surface area contributed by atoms with E-state index >= 15 is 0 Å². The van der Waals surface area contributed by atoms with Crippen molar-refractivity contribution < 1.29 is 13.3 Å². The average molecular weight is 328 g/mol. The Morgan fingerprint density at radius 2 is 2.05 bits per heavy atom. The van der Waals surface area contributed by atoms with Crippen molar-refractivity contribution in [3.05, 3.63) is 28.7 Å². The third kappa shape index (κ3) is 3.59. The maximum atomic E-state index is 12.2. The number of pyridine rings is 1. The summed E-state index contributed by atoms with van der Waals surface area (Å²) >= 11 is 0. The first kappa shape index (κ1) is 17.2. The van der Waals surface area contributed by atoms with Crippen LogP contribution in [0, 0.1) is 0 Å². The fraction of sp³-hybridized carbons (Fsp3) is 0.667. The zero-order valence-corrected chi connectivity index (χ0v) is 14.4. The predicted octanol–water partition coefficient (Wildman–Crippen LogP) is -0.0965. The van der Waals surface area contributed by atoms with Gasteiger partial charge in [-0.05, 0) is 31.7 Å². The number of hydrogen-bond donors (Lipinski definition) is 1. The third-order valence-corrected chi connectivity index (χ3v) is 6.28. The molecule has 2 atom stereocenters. The third-order valence-electron chi connectivity index (χ3n) is 4.48. The van der Waals surface area contributed by atoms with Crippen molar-refractivity contribution in [3.63, 3.8) is 0 Å². The lowest BCUT2D eigenvalue weighted by Crippen LogP contribution is -3.16. The maximum Gasteiger partial charge on any atom is 0.254 e. The van der Waals surface area contributed by atoms with E-state index < -0.39 is 10.0 Å². The molecule has 1 unspecified atom stereocenters. The van der Waals surface area contributed by atoms with Crippen LogP contribution in [0.1, 0.15) is 32.6 Å². The van der Waals surface area contributed by atoms with Gasteiger partial charge in [0.1, 0.15) is 0 Å². The van der Waals surface area contributed by atoms with Gasteiger partial charge in [0.2, 0.25) is 10.0 Å². The van der Waals surface area contributed by atoms with Crippen molar-refractivity contribution in [1.29, 1.82) is 0 Å². The molecule has 1 fully saturated rings. The van der Waals surface area contributed by atoms with E-state index in [1.165, 1.54) is 54.5 Å². The minimum atomic E-state index is -3.51. The first-order valence-corrected chi connectivity index (χ1v) is 9.28. The van der Waals surface area contributed by atoms with Crippen molar-refractivity contribution in [2.75, 3.05) is 20.6 Å². The van der Waals surface area contributed by atoms with Crippen molar-refractivity contribution >= 4 is 10.0 Å². The molecule has 2 rings (SSSR count). The summed E-state index contributed by atoms with van der Waals surface area (Å²) in [6, 6.07) is 3.28. The van der Waals surface area contributed by atoms with E-state index in [-0.39, 0.29) is 10.5 Å². The second kappa shape index (κ2) is 6.93. The van der Waals surface area contributed by atoms with E-state index in [1.807, 2.05) is 0 Å². The van der Waals surface area contributed by atoms with E-state index in [0.717, 1.165) is 19.4 Å². The molecule has 1 aliphatic rings. The Morgan fingerprint density at radius 3 is 2.68 bits per heavy atom.